The molecule has 148 valence electrons. The minimum atomic E-state index is -0.845. The maximum atomic E-state index is 12.0. The second-order valence-corrected chi connectivity index (χ2v) is 5.87. The summed E-state index contributed by atoms with van der Waals surface area (Å²) >= 11 is 0. The summed E-state index contributed by atoms with van der Waals surface area (Å²) in [7, 11) is 0. The molecule has 0 aliphatic carbocycles. The van der Waals surface area contributed by atoms with Crippen LogP contribution in [0.4, 0.5) is 0 Å². The summed E-state index contributed by atoms with van der Waals surface area (Å²) in [4.78, 5) is 24.0. The van der Waals surface area contributed by atoms with Crippen LogP contribution in [0, 0.1) is 0 Å². The smallest absolute Gasteiger partial charge is 0.329 e. The number of carbonyl (C=O) groups excluding carboxylic acids is 2. The molecule has 0 saturated heterocycles. The van der Waals surface area contributed by atoms with Gasteiger partial charge < -0.3 is 14.8 Å². The molecule has 0 aliphatic rings. The van der Waals surface area contributed by atoms with Gasteiger partial charge in [0.25, 0.3) is 0 Å². The fraction of sp³-hybridized carbons (Fsp3) is 0.286. The molecule has 7 heteroatoms. The molecule has 0 heterocycles. The van der Waals surface area contributed by atoms with E-state index in [2.05, 4.69) is 15.8 Å². The minimum absolute atomic E-state index is 0.293. The van der Waals surface area contributed by atoms with Crippen molar-refractivity contribution in [1.82, 2.24) is 10.7 Å². The number of carbonyl (C=O) groups is 2. The molecule has 0 spiro atoms. The van der Waals surface area contributed by atoms with E-state index in [-0.39, 0.29) is 6.04 Å². The summed E-state index contributed by atoms with van der Waals surface area (Å²) in [6.45, 7) is 6.59. The van der Waals surface area contributed by atoms with Crippen molar-refractivity contribution >= 4 is 18.0 Å². The molecule has 2 amide bonds. The molecular formula is C21H25N3O4. The number of nitrogens with one attached hydrogen (secondary N) is 2. The van der Waals surface area contributed by atoms with Crippen LogP contribution in [0.3, 0.4) is 0 Å². The molecule has 0 unspecified atom stereocenters. The number of ether oxygens (including phenoxy) is 2. The molecule has 0 aliphatic heterocycles. The molecular weight excluding hydrogens is 358 g/mol. The Morgan fingerprint density at radius 2 is 1.75 bits per heavy atom. The van der Waals surface area contributed by atoms with E-state index in [9.17, 15) is 9.59 Å². The zero-order chi connectivity index (χ0) is 20.4. The van der Waals surface area contributed by atoms with Gasteiger partial charge in [0, 0.05) is 11.6 Å². The molecule has 2 aromatic rings. The summed E-state index contributed by atoms with van der Waals surface area (Å²) in [6.07, 6.45) is 1.42. The normalized spacial score (nSPS) is 11.7. The van der Waals surface area contributed by atoms with Crippen LogP contribution in [0.1, 0.15) is 37.9 Å². The van der Waals surface area contributed by atoms with E-state index in [0.29, 0.717) is 30.3 Å². The number of rotatable bonds is 8. The Kier molecular flexibility index (Phi) is 8.02. The Morgan fingerprint density at radius 1 is 1.04 bits per heavy atom. The van der Waals surface area contributed by atoms with Crippen LogP contribution in [-0.2, 0) is 9.59 Å². The summed E-state index contributed by atoms with van der Waals surface area (Å²) in [5.74, 6) is -0.344. The Labute approximate surface area is 164 Å². The van der Waals surface area contributed by atoms with Crippen LogP contribution < -0.4 is 20.2 Å². The fourth-order valence-corrected chi connectivity index (χ4v) is 2.46. The van der Waals surface area contributed by atoms with Gasteiger partial charge in [-0.3, -0.25) is 9.59 Å². The lowest BCUT2D eigenvalue weighted by molar-refractivity contribution is -0.139. The summed E-state index contributed by atoms with van der Waals surface area (Å²) in [6, 6.07) is 14.4. The Bertz CT molecular complexity index is 822. The Morgan fingerprint density at radius 3 is 2.43 bits per heavy atom. The van der Waals surface area contributed by atoms with Gasteiger partial charge in [-0.25, -0.2) is 5.43 Å². The van der Waals surface area contributed by atoms with Crippen molar-refractivity contribution in [3.63, 3.8) is 0 Å². The third-order valence-electron chi connectivity index (χ3n) is 3.82. The first-order chi connectivity index (χ1) is 13.5. The third-order valence-corrected chi connectivity index (χ3v) is 3.82. The summed E-state index contributed by atoms with van der Waals surface area (Å²) in [5, 5.41) is 6.49. The second-order valence-electron chi connectivity index (χ2n) is 5.87. The number of nitrogens with zero attached hydrogens (tertiary/aromatic N) is 1. The van der Waals surface area contributed by atoms with Gasteiger partial charge in [0.1, 0.15) is 11.5 Å². The minimum Gasteiger partial charge on any atom is -0.494 e. The van der Waals surface area contributed by atoms with Crippen LogP contribution in [0.2, 0.25) is 0 Å². The van der Waals surface area contributed by atoms with Gasteiger partial charge in [-0.1, -0.05) is 30.3 Å². The van der Waals surface area contributed by atoms with E-state index in [1.165, 1.54) is 6.21 Å². The molecule has 0 fully saturated rings. The van der Waals surface area contributed by atoms with Crippen molar-refractivity contribution in [2.75, 3.05) is 13.2 Å². The molecule has 0 bridgehead atoms. The average Bonchev–Trinajstić information content (AvgIpc) is 2.70. The SMILES string of the molecule is CCOc1ccc(/C=N\NC(=O)C(=O)N[C@@H](C)c2ccccc2)c(OCC)c1. The van der Waals surface area contributed by atoms with Crippen LogP contribution in [0.25, 0.3) is 0 Å². The Balaban J connectivity index is 1.95. The predicted octanol–water partition coefficient (Wildman–Crippen LogP) is 2.81. The van der Waals surface area contributed by atoms with Gasteiger partial charge in [0.05, 0.1) is 25.5 Å². The number of amides is 2. The fourth-order valence-electron chi connectivity index (χ4n) is 2.46. The maximum absolute atomic E-state index is 12.0. The highest BCUT2D eigenvalue weighted by Crippen LogP contribution is 2.23. The highest BCUT2D eigenvalue weighted by Gasteiger charge is 2.16. The van der Waals surface area contributed by atoms with E-state index in [1.54, 1.807) is 25.1 Å². The van der Waals surface area contributed by atoms with Crippen LogP contribution in [-0.4, -0.2) is 31.2 Å². The number of benzene rings is 2. The van der Waals surface area contributed by atoms with Crippen molar-refractivity contribution in [3.05, 3.63) is 59.7 Å². The van der Waals surface area contributed by atoms with Crippen molar-refractivity contribution in [2.24, 2.45) is 5.10 Å². The van der Waals surface area contributed by atoms with Crippen molar-refractivity contribution in [2.45, 2.75) is 26.8 Å². The lowest BCUT2D eigenvalue weighted by atomic mass is 10.1. The topological polar surface area (TPSA) is 89.0 Å². The van der Waals surface area contributed by atoms with Gasteiger partial charge in [0.15, 0.2) is 0 Å². The average molecular weight is 383 g/mol. The van der Waals surface area contributed by atoms with E-state index in [1.807, 2.05) is 44.2 Å². The van der Waals surface area contributed by atoms with E-state index < -0.39 is 11.8 Å². The zero-order valence-corrected chi connectivity index (χ0v) is 16.3. The van der Waals surface area contributed by atoms with E-state index >= 15 is 0 Å². The van der Waals surface area contributed by atoms with Gasteiger partial charge in [0.2, 0.25) is 0 Å². The number of hydrazone groups is 1. The quantitative estimate of drug-likeness (QED) is 0.417. The molecule has 28 heavy (non-hydrogen) atoms. The van der Waals surface area contributed by atoms with Crippen molar-refractivity contribution in [1.29, 1.82) is 0 Å². The maximum Gasteiger partial charge on any atom is 0.329 e. The van der Waals surface area contributed by atoms with E-state index in [4.69, 9.17) is 9.47 Å². The first kappa shape index (κ1) is 21.0. The first-order valence-corrected chi connectivity index (χ1v) is 9.13. The molecule has 7 nitrogen and oxygen atoms in total. The highest BCUT2D eigenvalue weighted by molar-refractivity contribution is 6.35. The molecule has 2 aromatic carbocycles. The Hall–Kier alpha value is -3.35. The van der Waals surface area contributed by atoms with Gasteiger partial charge in [-0.15, -0.1) is 0 Å². The van der Waals surface area contributed by atoms with Crippen LogP contribution in [0.5, 0.6) is 11.5 Å². The largest absolute Gasteiger partial charge is 0.494 e. The van der Waals surface area contributed by atoms with Crippen molar-refractivity contribution < 1.29 is 19.1 Å². The molecule has 0 aromatic heterocycles. The lowest BCUT2D eigenvalue weighted by Gasteiger charge is -2.13. The molecule has 2 rings (SSSR count). The first-order valence-electron chi connectivity index (χ1n) is 9.13. The predicted molar refractivity (Wildman–Crippen MR) is 108 cm³/mol. The second kappa shape index (κ2) is 10.7. The number of hydrogen-bond acceptors (Lipinski definition) is 5. The monoisotopic (exact) mass is 383 g/mol. The number of hydrogen-bond donors (Lipinski definition) is 2. The summed E-state index contributed by atoms with van der Waals surface area (Å²) in [5.41, 5.74) is 3.79. The van der Waals surface area contributed by atoms with Gasteiger partial charge >= 0.3 is 11.8 Å². The van der Waals surface area contributed by atoms with Crippen LogP contribution >= 0.6 is 0 Å². The summed E-state index contributed by atoms with van der Waals surface area (Å²) < 4.78 is 11.0. The lowest BCUT2D eigenvalue weighted by Crippen LogP contribution is -2.39. The van der Waals surface area contributed by atoms with E-state index in [0.717, 1.165) is 5.56 Å². The zero-order valence-electron chi connectivity index (χ0n) is 16.3. The van der Waals surface area contributed by atoms with Gasteiger partial charge in [-0.2, -0.15) is 5.10 Å². The van der Waals surface area contributed by atoms with Gasteiger partial charge in [-0.05, 0) is 38.5 Å². The highest BCUT2D eigenvalue weighted by atomic mass is 16.5. The van der Waals surface area contributed by atoms with Crippen LogP contribution in [0.15, 0.2) is 53.6 Å². The third kappa shape index (κ3) is 6.12. The van der Waals surface area contributed by atoms with Crippen molar-refractivity contribution in [3.8, 4) is 11.5 Å². The standard InChI is InChI=1S/C21H25N3O4/c1-4-27-18-12-11-17(19(13-18)28-5-2)14-22-24-21(26)20(25)23-15(3)16-9-7-6-8-10-16/h6-15H,4-5H2,1-3H3,(H,23,25)(H,24,26)/b22-14-/t15-/m0/s1. The molecule has 2 N–H and O–H groups in total. The molecule has 1 atom stereocenters. The molecule has 0 saturated carbocycles. The molecule has 0 radical (unpaired) electrons.